The molecule has 2 aromatic rings. The lowest BCUT2D eigenvalue weighted by Gasteiger charge is -2.18. The quantitative estimate of drug-likeness (QED) is 0.751. The number of rotatable bonds is 6. The van der Waals surface area contributed by atoms with Crippen molar-refractivity contribution in [3.05, 3.63) is 55.2 Å². The Hall–Kier alpha value is -2.30. The van der Waals surface area contributed by atoms with E-state index in [2.05, 4.69) is 0 Å². The first-order valence-corrected chi connectivity index (χ1v) is 8.76. The first kappa shape index (κ1) is 18.5. The number of thiophene rings is 1. The molecule has 0 radical (unpaired) electrons. The maximum absolute atomic E-state index is 13.5. The van der Waals surface area contributed by atoms with Gasteiger partial charge in [-0.3, -0.25) is 19.1 Å². The Bertz CT molecular complexity index is 878. The smallest absolute Gasteiger partial charge is 0.330 e. The van der Waals surface area contributed by atoms with E-state index in [9.17, 15) is 18.8 Å². The molecule has 1 fully saturated rings. The van der Waals surface area contributed by atoms with E-state index in [-0.39, 0.29) is 13.0 Å². The van der Waals surface area contributed by atoms with Gasteiger partial charge in [0.15, 0.2) is 0 Å². The van der Waals surface area contributed by atoms with Crippen LogP contribution in [0.25, 0.3) is 0 Å². The van der Waals surface area contributed by atoms with Gasteiger partial charge in [-0.15, -0.1) is 11.3 Å². The summed E-state index contributed by atoms with van der Waals surface area (Å²) in [4.78, 5) is 37.1. The summed E-state index contributed by atoms with van der Waals surface area (Å²) < 4.78 is 31.1. The number of H-pyrrole nitrogens is 1. The molecule has 1 aliphatic heterocycles. The number of carbonyl (C=O) groups excluding carboxylic acids is 1. The van der Waals surface area contributed by atoms with E-state index in [1.54, 1.807) is 0 Å². The Kier molecular flexibility index (Phi) is 5.64. The van der Waals surface area contributed by atoms with Crippen molar-refractivity contribution in [2.75, 3.05) is 6.61 Å². The average molecular weight is 384 g/mol. The molecule has 1 aliphatic rings. The number of hydrogen-bond acceptors (Lipinski definition) is 7. The van der Waals surface area contributed by atoms with Crippen LogP contribution in [0.3, 0.4) is 0 Å². The number of hydrogen-bond donors (Lipinski definition) is 1. The van der Waals surface area contributed by atoms with Crippen LogP contribution in [0.4, 0.5) is 4.39 Å². The number of esters is 1. The number of nitrogens with one attached hydrogen (secondary N) is 1. The summed E-state index contributed by atoms with van der Waals surface area (Å²) in [6.45, 7) is 1.56. The highest BCUT2D eigenvalue weighted by Crippen LogP contribution is 2.31. The standard InChI is InChI=1S/C16H17FN2O6S/c1-9(20)23-8-13-12(24-7-10-3-2-4-26-10)5-14(25-13)19-6-11(17)15(21)18-16(19)22/h2-4,6,12-14H,5,7-8H2,1H3,(H,18,21,22)/t12?,13-,14-/m0/s1. The van der Waals surface area contributed by atoms with Crippen molar-refractivity contribution in [1.29, 1.82) is 0 Å². The normalized spacial score (nSPS) is 22.5. The molecular weight excluding hydrogens is 367 g/mol. The van der Waals surface area contributed by atoms with Crippen molar-refractivity contribution < 1.29 is 23.4 Å². The van der Waals surface area contributed by atoms with Gasteiger partial charge in [0.25, 0.3) is 5.56 Å². The fourth-order valence-electron chi connectivity index (χ4n) is 2.65. The number of halogens is 1. The first-order valence-electron chi connectivity index (χ1n) is 7.88. The maximum Gasteiger partial charge on any atom is 0.330 e. The molecule has 0 spiro atoms. The first-order chi connectivity index (χ1) is 12.4. The summed E-state index contributed by atoms with van der Waals surface area (Å²) in [7, 11) is 0. The molecule has 0 bridgehead atoms. The molecule has 0 saturated carbocycles. The monoisotopic (exact) mass is 384 g/mol. The summed E-state index contributed by atoms with van der Waals surface area (Å²) in [6.07, 6.45) is -0.893. The second-order valence-corrected chi connectivity index (χ2v) is 6.77. The Balaban J connectivity index is 1.76. The zero-order valence-corrected chi connectivity index (χ0v) is 14.7. The van der Waals surface area contributed by atoms with E-state index in [1.165, 1.54) is 18.3 Å². The molecule has 1 unspecified atom stereocenters. The minimum atomic E-state index is -1.09. The Morgan fingerprint density at radius 1 is 1.50 bits per heavy atom. The molecule has 3 atom stereocenters. The van der Waals surface area contributed by atoms with Gasteiger partial charge in [-0.25, -0.2) is 4.79 Å². The Morgan fingerprint density at radius 3 is 3.00 bits per heavy atom. The molecule has 3 heterocycles. The molecule has 2 aromatic heterocycles. The van der Waals surface area contributed by atoms with Gasteiger partial charge >= 0.3 is 11.7 Å². The highest BCUT2D eigenvalue weighted by molar-refractivity contribution is 7.09. The van der Waals surface area contributed by atoms with Crippen molar-refractivity contribution in [3.63, 3.8) is 0 Å². The fourth-order valence-corrected chi connectivity index (χ4v) is 3.28. The maximum atomic E-state index is 13.5. The van der Waals surface area contributed by atoms with E-state index in [1.807, 2.05) is 22.5 Å². The predicted octanol–water partition coefficient (Wildman–Crippen LogP) is 1.17. The van der Waals surface area contributed by atoms with Crippen LogP contribution in [-0.2, 0) is 25.6 Å². The number of nitrogens with zero attached hydrogens (tertiary/aromatic N) is 1. The highest BCUT2D eigenvalue weighted by Gasteiger charge is 2.38. The molecular formula is C16H17FN2O6S. The second kappa shape index (κ2) is 7.94. The Labute approximate surface area is 151 Å². The van der Waals surface area contributed by atoms with Crippen molar-refractivity contribution in [1.82, 2.24) is 9.55 Å². The minimum Gasteiger partial charge on any atom is -0.463 e. The van der Waals surface area contributed by atoms with Gasteiger partial charge in [-0.05, 0) is 11.4 Å². The second-order valence-electron chi connectivity index (χ2n) is 5.74. The summed E-state index contributed by atoms with van der Waals surface area (Å²) in [5.41, 5.74) is -1.88. The van der Waals surface area contributed by atoms with Crippen molar-refractivity contribution in [2.45, 2.75) is 38.4 Å². The van der Waals surface area contributed by atoms with Gasteiger partial charge in [-0.1, -0.05) is 6.07 Å². The third-order valence-electron chi connectivity index (χ3n) is 3.89. The molecule has 0 aromatic carbocycles. The summed E-state index contributed by atoms with van der Waals surface area (Å²) in [5.74, 6) is -1.56. The lowest BCUT2D eigenvalue weighted by Crippen LogP contribution is -2.34. The molecule has 1 N–H and O–H groups in total. The number of aromatic amines is 1. The highest BCUT2D eigenvalue weighted by atomic mass is 32.1. The zero-order chi connectivity index (χ0) is 18.7. The van der Waals surface area contributed by atoms with E-state index >= 15 is 0 Å². The van der Waals surface area contributed by atoms with Crippen LogP contribution in [0.15, 0.2) is 33.3 Å². The average Bonchev–Trinajstić information content (AvgIpc) is 3.23. The number of aromatic nitrogens is 2. The van der Waals surface area contributed by atoms with Crippen molar-refractivity contribution in [3.8, 4) is 0 Å². The van der Waals surface area contributed by atoms with Gasteiger partial charge in [-0.2, -0.15) is 4.39 Å². The summed E-state index contributed by atoms with van der Waals surface area (Å²) in [5, 5.41) is 1.92. The zero-order valence-electron chi connectivity index (χ0n) is 13.8. The molecule has 0 aliphatic carbocycles. The molecule has 3 rings (SSSR count). The number of carbonyl (C=O) groups is 1. The van der Waals surface area contributed by atoms with E-state index in [0.717, 1.165) is 15.6 Å². The lowest BCUT2D eigenvalue weighted by molar-refractivity contribution is -0.148. The molecule has 10 heteroatoms. The van der Waals surface area contributed by atoms with Crippen LogP contribution >= 0.6 is 11.3 Å². The largest absolute Gasteiger partial charge is 0.463 e. The van der Waals surface area contributed by atoms with Gasteiger partial charge < -0.3 is 14.2 Å². The van der Waals surface area contributed by atoms with Gasteiger partial charge in [0, 0.05) is 18.2 Å². The van der Waals surface area contributed by atoms with Crippen LogP contribution in [0, 0.1) is 5.82 Å². The van der Waals surface area contributed by atoms with Crippen molar-refractivity contribution in [2.24, 2.45) is 0 Å². The van der Waals surface area contributed by atoms with Crippen LogP contribution < -0.4 is 11.2 Å². The van der Waals surface area contributed by atoms with E-state index in [0.29, 0.717) is 6.61 Å². The molecule has 8 nitrogen and oxygen atoms in total. The molecule has 0 amide bonds. The predicted molar refractivity (Wildman–Crippen MR) is 89.3 cm³/mol. The van der Waals surface area contributed by atoms with Crippen LogP contribution in [0.5, 0.6) is 0 Å². The molecule has 1 saturated heterocycles. The third kappa shape index (κ3) is 4.26. The van der Waals surface area contributed by atoms with Crippen LogP contribution in [-0.4, -0.2) is 34.3 Å². The summed E-state index contributed by atoms with van der Waals surface area (Å²) in [6, 6.07) is 3.82. The minimum absolute atomic E-state index is 0.0540. The van der Waals surface area contributed by atoms with Gasteiger partial charge in [0.05, 0.1) is 18.9 Å². The topological polar surface area (TPSA) is 99.6 Å². The van der Waals surface area contributed by atoms with Gasteiger partial charge in [0.2, 0.25) is 5.82 Å². The SMILES string of the molecule is CC(=O)OC[C@@H]1O[C@H](n2cc(F)c(=O)[nH]c2=O)CC1OCc1cccs1. The van der Waals surface area contributed by atoms with Crippen LogP contribution in [0.1, 0.15) is 24.4 Å². The van der Waals surface area contributed by atoms with E-state index in [4.69, 9.17) is 14.2 Å². The third-order valence-corrected chi connectivity index (χ3v) is 4.74. The molecule has 26 heavy (non-hydrogen) atoms. The van der Waals surface area contributed by atoms with Crippen molar-refractivity contribution >= 4 is 17.3 Å². The molecule has 140 valence electrons. The fraction of sp³-hybridized carbons (Fsp3) is 0.438. The Morgan fingerprint density at radius 2 is 2.31 bits per heavy atom. The van der Waals surface area contributed by atoms with Gasteiger partial charge in [0.1, 0.15) is 18.9 Å². The lowest BCUT2D eigenvalue weighted by atomic mass is 10.2. The van der Waals surface area contributed by atoms with Crippen LogP contribution in [0.2, 0.25) is 0 Å². The number of ether oxygens (including phenoxy) is 3. The summed E-state index contributed by atoms with van der Waals surface area (Å²) >= 11 is 1.53. The van der Waals surface area contributed by atoms with E-state index < -0.39 is 41.5 Å².